The molecule has 1 nitrogen and oxygen atoms in total. The normalized spacial score (nSPS) is 14.3. The van der Waals surface area contributed by atoms with Gasteiger partial charge in [0.05, 0.1) is 0 Å². The van der Waals surface area contributed by atoms with Gasteiger partial charge in [0.25, 0.3) is 0 Å². The smallest absolute Gasteiger partial charge is 0.0116 e. The molecule has 0 radical (unpaired) electrons. The van der Waals surface area contributed by atoms with Crippen molar-refractivity contribution in [1.29, 1.82) is 0 Å². The zero-order chi connectivity index (χ0) is 13.3. The Hall–Kier alpha value is -0.0400. The first-order chi connectivity index (χ1) is 7.88. The molecule has 0 fully saturated rings. The molecule has 0 aliphatic carbocycles. The highest BCUT2D eigenvalue weighted by atomic mass is 14.9. The van der Waals surface area contributed by atoms with Gasteiger partial charge in [0.1, 0.15) is 0 Å². The Morgan fingerprint density at radius 3 is 2.00 bits per heavy atom. The maximum Gasteiger partial charge on any atom is 0.0116 e. The molecular formula is C16H35N. The second-order valence-corrected chi connectivity index (χ2v) is 6.90. The van der Waals surface area contributed by atoms with E-state index in [0.29, 0.717) is 11.5 Å². The van der Waals surface area contributed by atoms with E-state index in [1.54, 1.807) is 0 Å². The van der Waals surface area contributed by atoms with Gasteiger partial charge in [0.15, 0.2) is 0 Å². The Labute approximate surface area is 110 Å². The Morgan fingerprint density at radius 1 is 0.941 bits per heavy atom. The summed E-state index contributed by atoms with van der Waals surface area (Å²) in [5.41, 5.74) is 0.396. The molecular weight excluding hydrogens is 206 g/mol. The van der Waals surface area contributed by atoms with Crippen LogP contribution in [0, 0.1) is 11.3 Å². The molecule has 0 saturated heterocycles. The van der Waals surface area contributed by atoms with Gasteiger partial charge in [0.2, 0.25) is 0 Å². The summed E-state index contributed by atoms with van der Waals surface area (Å²) in [5.74, 6) is 0.867. The Balaban J connectivity index is 3.76. The number of nitrogens with one attached hydrogen (secondary N) is 1. The van der Waals surface area contributed by atoms with E-state index in [0.717, 1.165) is 12.5 Å². The van der Waals surface area contributed by atoms with Gasteiger partial charge in [-0.15, -0.1) is 0 Å². The topological polar surface area (TPSA) is 12.0 Å². The standard InChI is InChI=1S/C16H35N/c1-7-13-17-15(16(4,5)6)12-10-8-9-11-14(2)3/h14-15,17H,7-13H2,1-6H3. The number of hydrogen-bond acceptors (Lipinski definition) is 1. The van der Waals surface area contributed by atoms with E-state index in [2.05, 4.69) is 46.9 Å². The second kappa shape index (κ2) is 8.97. The maximum atomic E-state index is 3.71. The Bertz CT molecular complexity index is 167. The van der Waals surface area contributed by atoms with Crippen LogP contribution in [0.1, 0.15) is 80.1 Å². The van der Waals surface area contributed by atoms with Crippen LogP contribution in [0.2, 0.25) is 0 Å². The van der Waals surface area contributed by atoms with Gasteiger partial charge in [0, 0.05) is 6.04 Å². The van der Waals surface area contributed by atoms with E-state index < -0.39 is 0 Å². The molecule has 1 unspecified atom stereocenters. The molecule has 1 atom stereocenters. The zero-order valence-corrected chi connectivity index (χ0v) is 13.1. The molecule has 0 aromatic rings. The summed E-state index contributed by atoms with van der Waals surface area (Å²) in [5, 5.41) is 3.71. The summed E-state index contributed by atoms with van der Waals surface area (Å²) in [6.07, 6.45) is 8.15. The number of rotatable bonds is 9. The van der Waals surface area contributed by atoms with Crippen molar-refractivity contribution in [2.24, 2.45) is 11.3 Å². The van der Waals surface area contributed by atoms with E-state index in [4.69, 9.17) is 0 Å². The van der Waals surface area contributed by atoms with E-state index in [1.165, 1.54) is 38.5 Å². The summed E-state index contributed by atoms with van der Waals surface area (Å²) in [4.78, 5) is 0. The minimum absolute atomic E-state index is 0.396. The van der Waals surface area contributed by atoms with Crippen LogP contribution >= 0.6 is 0 Å². The molecule has 104 valence electrons. The highest BCUT2D eigenvalue weighted by Gasteiger charge is 2.22. The first-order valence-electron chi connectivity index (χ1n) is 7.61. The summed E-state index contributed by atoms with van der Waals surface area (Å²) in [6.45, 7) is 15.1. The molecule has 1 N–H and O–H groups in total. The lowest BCUT2D eigenvalue weighted by Crippen LogP contribution is -2.40. The van der Waals surface area contributed by atoms with Crippen LogP contribution < -0.4 is 5.32 Å². The fourth-order valence-corrected chi connectivity index (χ4v) is 2.24. The molecule has 0 heterocycles. The van der Waals surface area contributed by atoms with Gasteiger partial charge in [-0.25, -0.2) is 0 Å². The minimum Gasteiger partial charge on any atom is -0.313 e. The molecule has 0 amide bonds. The van der Waals surface area contributed by atoms with Crippen molar-refractivity contribution in [3.05, 3.63) is 0 Å². The zero-order valence-electron chi connectivity index (χ0n) is 13.1. The minimum atomic E-state index is 0.396. The van der Waals surface area contributed by atoms with Crippen molar-refractivity contribution < 1.29 is 0 Å². The van der Waals surface area contributed by atoms with Crippen LogP contribution in [-0.4, -0.2) is 12.6 Å². The average molecular weight is 241 g/mol. The van der Waals surface area contributed by atoms with Crippen LogP contribution in [0.3, 0.4) is 0 Å². The van der Waals surface area contributed by atoms with Crippen LogP contribution in [-0.2, 0) is 0 Å². The predicted octanol–water partition coefficient (Wildman–Crippen LogP) is 5.01. The third-order valence-electron chi connectivity index (χ3n) is 3.46. The van der Waals surface area contributed by atoms with Gasteiger partial charge >= 0.3 is 0 Å². The van der Waals surface area contributed by atoms with Crippen molar-refractivity contribution in [2.75, 3.05) is 6.54 Å². The lowest BCUT2D eigenvalue weighted by molar-refractivity contribution is 0.249. The molecule has 0 aliphatic rings. The van der Waals surface area contributed by atoms with Crippen LogP contribution in [0.15, 0.2) is 0 Å². The highest BCUT2D eigenvalue weighted by Crippen LogP contribution is 2.24. The SMILES string of the molecule is CCCNC(CCCCCC(C)C)C(C)(C)C. The molecule has 0 rings (SSSR count). The first kappa shape index (κ1) is 17.0. The number of hydrogen-bond donors (Lipinski definition) is 1. The van der Waals surface area contributed by atoms with E-state index in [1.807, 2.05) is 0 Å². The van der Waals surface area contributed by atoms with Gasteiger partial charge < -0.3 is 5.32 Å². The van der Waals surface area contributed by atoms with Gasteiger partial charge in [-0.1, -0.05) is 67.2 Å². The summed E-state index contributed by atoms with van der Waals surface area (Å²) in [6, 6.07) is 0.682. The van der Waals surface area contributed by atoms with Crippen LogP contribution in [0.5, 0.6) is 0 Å². The third kappa shape index (κ3) is 9.64. The fourth-order valence-electron chi connectivity index (χ4n) is 2.24. The lowest BCUT2D eigenvalue weighted by Gasteiger charge is -2.32. The Kier molecular flexibility index (Phi) is 8.94. The lowest BCUT2D eigenvalue weighted by atomic mass is 9.83. The largest absolute Gasteiger partial charge is 0.313 e. The average Bonchev–Trinajstić information content (AvgIpc) is 2.19. The monoisotopic (exact) mass is 241 g/mol. The van der Waals surface area contributed by atoms with E-state index in [9.17, 15) is 0 Å². The number of unbranched alkanes of at least 4 members (excludes halogenated alkanes) is 2. The van der Waals surface area contributed by atoms with Gasteiger partial charge in [-0.05, 0) is 30.7 Å². The molecule has 0 aliphatic heterocycles. The molecule has 0 aromatic carbocycles. The quantitative estimate of drug-likeness (QED) is 0.560. The molecule has 0 spiro atoms. The summed E-state index contributed by atoms with van der Waals surface area (Å²) in [7, 11) is 0. The molecule has 0 aromatic heterocycles. The van der Waals surface area contributed by atoms with E-state index in [-0.39, 0.29) is 0 Å². The third-order valence-corrected chi connectivity index (χ3v) is 3.46. The maximum absolute atomic E-state index is 3.71. The summed E-state index contributed by atoms with van der Waals surface area (Å²) >= 11 is 0. The molecule has 0 saturated carbocycles. The molecule has 17 heavy (non-hydrogen) atoms. The molecule has 0 bridgehead atoms. The van der Waals surface area contributed by atoms with Crippen molar-refractivity contribution >= 4 is 0 Å². The molecule has 1 heteroatoms. The van der Waals surface area contributed by atoms with E-state index >= 15 is 0 Å². The van der Waals surface area contributed by atoms with Crippen molar-refractivity contribution in [1.82, 2.24) is 5.32 Å². The predicted molar refractivity (Wildman–Crippen MR) is 79.5 cm³/mol. The van der Waals surface area contributed by atoms with Crippen molar-refractivity contribution in [3.63, 3.8) is 0 Å². The van der Waals surface area contributed by atoms with Gasteiger partial charge in [-0.2, -0.15) is 0 Å². The van der Waals surface area contributed by atoms with Crippen molar-refractivity contribution in [3.8, 4) is 0 Å². The van der Waals surface area contributed by atoms with Crippen molar-refractivity contribution in [2.45, 2.75) is 86.1 Å². The van der Waals surface area contributed by atoms with Gasteiger partial charge in [-0.3, -0.25) is 0 Å². The Morgan fingerprint density at radius 2 is 1.53 bits per heavy atom. The second-order valence-electron chi connectivity index (χ2n) is 6.90. The van der Waals surface area contributed by atoms with Crippen LogP contribution in [0.4, 0.5) is 0 Å². The highest BCUT2D eigenvalue weighted by molar-refractivity contribution is 4.80. The summed E-state index contributed by atoms with van der Waals surface area (Å²) < 4.78 is 0. The van der Waals surface area contributed by atoms with Crippen LogP contribution in [0.25, 0.3) is 0 Å². The first-order valence-corrected chi connectivity index (χ1v) is 7.61. The fraction of sp³-hybridized carbons (Fsp3) is 1.00.